The second-order valence-corrected chi connectivity index (χ2v) is 6.38. The highest BCUT2D eigenvalue weighted by atomic mass is 32.2. The lowest BCUT2D eigenvalue weighted by Gasteiger charge is -2.24. The first kappa shape index (κ1) is 15.7. The molecule has 1 fully saturated rings. The van der Waals surface area contributed by atoms with Crippen molar-refractivity contribution in [1.82, 2.24) is 4.90 Å². The van der Waals surface area contributed by atoms with Crippen LogP contribution in [0.1, 0.15) is 19.8 Å². The normalized spacial score (nSPS) is 19.3. The van der Waals surface area contributed by atoms with E-state index in [0.29, 0.717) is 13.0 Å². The van der Waals surface area contributed by atoms with Crippen LogP contribution in [0.3, 0.4) is 0 Å². The van der Waals surface area contributed by atoms with Crippen molar-refractivity contribution in [3.8, 4) is 5.75 Å². The first-order valence-electron chi connectivity index (χ1n) is 6.87. The molecule has 6 heteroatoms. The minimum absolute atomic E-state index is 0.110. The number of nitrogens with zero attached hydrogens (tertiary/aromatic N) is 1. The summed E-state index contributed by atoms with van der Waals surface area (Å²) in [6.07, 6.45) is 1.30. The zero-order valence-corrected chi connectivity index (χ0v) is 12.9. The summed E-state index contributed by atoms with van der Waals surface area (Å²) in [4.78, 5) is 26.0. The van der Waals surface area contributed by atoms with E-state index in [1.807, 2.05) is 31.2 Å². The summed E-state index contributed by atoms with van der Waals surface area (Å²) >= 11 is 1.43. The Morgan fingerprint density at radius 3 is 2.62 bits per heavy atom. The van der Waals surface area contributed by atoms with Gasteiger partial charge in [0.2, 0.25) is 5.91 Å². The molecule has 5 nitrogen and oxygen atoms in total. The highest BCUT2D eigenvalue weighted by molar-refractivity contribution is 8.00. The van der Waals surface area contributed by atoms with E-state index in [9.17, 15) is 9.59 Å². The van der Waals surface area contributed by atoms with Gasteiger partial charge in [-0.1, -0.05) is 0 Å². The molecule has 114 valence electrons. The molecule has 1 aromatic rings. The molecule has 21 heavy (non-hydrogen) atoms. The Morgan fingerprint density at radius 2 is 2.05 bits per heavy atom. The van der Waals surface area contributed by atoms with Crippen LogP contribution in [0.2, 0.25) is 0 Å². The maximum Gasteiger partial charge on any atom is 0.326 e. The zero-order valence-electron chi connectivity index (χ0n) is 12.1. The summed E-state index contributed by atoms with van der Waals surface area (Å²) in [5.41, 5.74) is 0. The van der Waals surface area contributed by atoms with Crippen LogP contribution in [0.25, 0.3) is 0 Å². The number of hydrogen-bond acceptors (Lipinski definition) is 4. The zero-order chi connectivity index (χ0) is 15.4. The predicted molar refractivity (Wildman–Crippen MR) is 80.7 cm³/mol. The van der Waals surface area contributed by atoms with E-state index in [4.69, 9.17) is 9.84 Å². The molecular weight excluding hydrogens is 290 g/mol. The smallest absolute Gasteiger partial charge is 0.326 e. The first-order valence-corrected chi connectivity index (χ1v) is 7.75. The summed E-state index contributed by atoms with van der Waals surface area (Å²) in [6, 6.07) is 6.80. The molecule has 1 amide bonds. The van der Waals surface area contributed by atoms with Crippen LogP contribution in [-0.4, -0.2) is 46.8 Å². The van der Waals surface area contributed by atoms with Gasteiger partial charge in [-0.15, -0.1) is 11.8 Å². The van der Waals surface area contributed by atoms with E-state index in [0.717, 1.165) is 17.1 Å². The molecule has 0 bridgehead atoms. The number of amides is 1. The first-order chi connectivity index (χ1) is 10.0. The van der Waals surface area contributed by atoms with E-state index in [-0.39, 0.29) is 11.2 Å². The second kappa shape index (κ2) is 6.85. The number of likely N-dealkylation sites (tertiary alicyclic amines) is 1. The molecule has 2 atom stereocenters. The third-order valence-corrected chi connectivity index (χ3v) is 4.64. The van der Waals surface area contributed by atoms with Crippen LogP contribution in [0.4, 0.5) is 0 Å². The van der Waals surface area contributed by atoms with Crippen LogP contribution in [-0.2, 0) is 9.59 Å². The quantitative estimate of drug-likeness (QED) is 0.845. The molecule has 1 aromatic carbocycles. The monoisotopic (exact) mass is 309 g/mol. The van der Waals surface area contributed by atoms with Crippen LogP contribution in [0.15, 0.2) is 29.2 Å². The number of carbonyl (C=O) groups excluding carboxylic acids is 1. The summed E-state index contributed by atoms with van der Waals surface area (Å²) in [7, 11) is 1.60. The van der Waals surface area contributed by atoms with Gasteiger partial charge in [-0.2, -0.15) is 0 Å². The number of carboxylic acid groups (broad SMARTS) is 1. The van der Waals surface area contributed by atoms with E-state index in [2.05, 4.69) is 0 Å². The average Bonchev–Trinajstić information content (AvgIpc) is 2.96. The van der Waals surface area contributed by atoms with Crippen molar-refractivity contribution in [3.05, 3.63) is 24.3 Å². The third-order valence-electron chi connectivity index (χ3n) is 3.54. The van der Waals surface area contributed by atoms with E-state index in [1.165, 1.54) is 16.7 Å². The number of methoxy groups -OCH3 is 1. The van der Waals surface area contributed by atoms with Crippen molar-refractivity contribution in [3.63, 3.8) is 0 Å². The molecule has 0 aromatic heterocycles. The number of ether oxygens (including phenoxy) is 1. The molecule has 0 radical (unpaired) electrons. The molecule has 0 saturated carbocycles. The van der Waals surface area contributed by atoms with Crippen molar-refractivity contribution in [2.45, 2.75) is 36.0 Å². The van der Waals surface area contributed by atoms with Gasteiger partial charge in [-0.05, 0) is 44.0 Å². The molecule has 0 spiro atoms. The highest BCUT2D eigenvalue weighted by Crippen LogP contribution is 2.28. The van der Waals surface area contributed by atoms with Gasteiger partial charge in [0.05, 0.1) is 12.4 Å². The van der Waals surface area contributed by atoms with Gasteiger partial charge < -0.3 is 14.7 Å². The summed E-state index contributed by atoms with van der Waals surface area (Å²) in [6.45, 7) is 2.35. The van der Waals surface area contributed by atoms with Gasteiger partial charge in [0.25, 0.3) is 0 Å². The number of carboxylic acids is 1. The van der Waals surface area contributed by atoms with E-state index in [1.54, 1.807) is 7.11 Å². The van der Waals surface area contributed by atoms with Gasteiger partial charge in [0.15, 0.2) is 0 Å². The number of rotatable bonds is 5. The van der Waals surface area contributed by atoms with Crippen molar-refractivity contribution < 1.29 is 19.4 Å². The maximum atomic E-state index is 12.4. The van der Waals surface area contributed by atoms with E-state index >= 15 is 0 Å². The second-order valence-electron chi connectivity index (χ2n) is 4.96. The largest absolute Gasteiger partial charge is 0.497 e. The highest BCUT2D eigenvalue weighted by Gasteiger charge is 2.35. The fraction of sp³-hybridized carbons (Fsp3) is 0.467. The minimum Gasteiger partial charge on any atom is -0.497 e. The predicted octanol–water partition coefficient (Wildman–Crippen LogP) is 2.25. The Labute approximate surface area is 128 Å². The molecule has 1 saturated heterocycles. The van der Waals surface area contributed by atoms with Crippen molar-refractivity contribution in [2.24, 2.45) is 0 Å². The van der Waals surface area contributed by atoms with E-state index < -0.39 is 12.0 Å². The standard InChI is InChI=1S/C15H19NO4S/c1-10(21-12-7-5-11(20-2)6-8-12)14(17)16-9-3-4-13(16)15(18)19/h5-8,10,13H,3-4,9H2,1-2H3,(H,18,19). The Morgan fingerprint density at radius 1 is 1.38 bits per heavy atom. The van der Waals surface area contributed by atoms with Crippen LogP contribution in [0, 0.1) is 0 Å². The lowest BCUT2D eigenvalue weighted by Crippen LogP contribution is -2.43. The van der Waals surface area contributed by atoms with Gasteiger partial charge in [-0.25, -0.2) is 4.79 Å². The van der Waals surface area contributed by atoms with Gasteiger partial charge in [0, 0.05) is 11.4 Å². The Kier molecular flexibility index (Phi) is 5.12. The summed E-state index contributed by atoms with van der Waals surface area (Å²) < 4.78 is 5.09. The van der Waals surface area contributed by atoms with Gasteiger partial charge >= 0.3 is 5.97 Å². The van der Waals surface area contributed by atoms with Crippen molar-refractivity contribution >= 4 is 23.6 Å². The fourth-order valence-electron chi connectivity index (χ4n) is 2.43. The number of benzene rings is 1. The maximum absolute atomic E-state index is 12.4. The van der Waals surface area contributed by atoms with Crippen LogP contribution >= 0.6 is 11.8 Å². The minimum atomic E-state index is -0.914. The van der Waals surface area contributed by atoms with Gasteiger partial charge in [0.1, 0.15) is 11.8 Å². The summed E-state index contributed by atoms with van der Waals surface area (Å²) in [5, 5.41) is 8.84. The van der Waals surface area contributed by atoms with Gasteiger partial charge in [-0.3, -0.25) is 4.79 Å². The van der Waals surface area contributed by atoms with Crippen LogP contribution in [0.5, 0.6) is 5.75 Å². The average molecular weight is 309 g/mol. The molecule has 1 aliphatic rings. The molecule has 0 aliphatic carbocycles. The van der Waals surface area contributed by atoms with Crippen molar-refractivity contribution in [1.29, 1.82) is 0 Å². The lowest BCUT2D eigenvalue weighted by molar-refractivity contribution is -0.147. The SMILES string of the molecule is COc1ccc(SC(C)C(=O)N2CCCC2C(=O)O)cc1. The fourth-order valence-corrected chi connectivity index (χ4v) is 3.37. The Bertz CT molecular complexity index is 517. The number of carbonyl (C=O) groups is 2. The summed E-state index contributed by atoms with van der Waals surface area (Å²) in [5.74, 6) is -0.257. The Balaban J connectivity index is 2.00. The molecule has 1 heterocycles. The number of thioether (sulfide) groups is 1. The number of hydrogen-bond donors (Lipinski definition) is 1. The molecule has 2 unspecified atom stereocenters. The Hall–Kier alpha value is -1.69. The number of aliphatic carboxylic acids is 1. The topological polar surface area (TPSA) is 66.8 Å². The molecule has 1 aliphatic heterocycles. The molecular formula is C15H19NO4S. The lowest BCUT2D eigenvalue weighted by atomic mass is 10.2. The van der Waals surface area contributed by atoms with Crippen LogP contribution < -0.4 is 4.74 Å². The van der Waals surface area contributed by atoms with Crippen molar-refractivity contribution in [2.75, 3.05) is 13.7 Å². The molecule has 2 rings (SSSR count). The third kappa shape index (κ3) is 3.69. The molecule has 1 N–H and O–H groups in total.